The molecule has 3 rings (SSSR count). The first-order chi connectivity index (χ1) is 11.3. The number of benzene rings is 2. The van der Waals surface area contributed by atoms with Crippen LogP contribution in [-0.4, -0.2) is 5.21 Å². The van der Waals surface area contributed by atoms with E-state index in [0.717, 1.165) is 27.7 Å². The summed E-state index contributed by atoms with van der Waals surface area (Å²) < 4.78 is 6.08. The third-order valence-electron chi connectivity index (χ3n) is 4.50. The number of aryl methyl sites for hydroxylation is 2. The zero-order valence-electron chi connectivity index (χ0n) is 14.8. The number of rotatable bonds is 1. The van der Waals surface area contributed by atoms with Crippen LogP contribution in [0.15, 0.2) is 52.0 Å². The highest BCUT2D eigenvalue weighted by Crippen LogP contribution is 2.27. The average Bonchev–Trinajstić information content (AvgIpc) is 2.54. The molecule has 0 radical (unpaired) electrons. The first-order valence-corrected chi connectivity index (χ1v) is 8.14. The van der Waals surface area contributed by atoms with Crippen molar-refractivity contribution in [2.45, 2.75) is 40.0 Å². The maximum Gasteiger partial charge on any atom is 0.137 e. The van der Waals surface area contributed by atoms with E-state index in [1.54, 1.807) is 6.07 Å². The second-order valence-electron chi connectivity index (χ2n) is 7.36. The zero-order valence-corrected chi connectivity index (χ0v) is 14.8. The number of fused-ring (bicyclic) bond motifs is 1. The van der Waals surface area contributed by atoms with E-state index in [9.17, 15) is 5.21 Å². The Bertz CT molecular complexity index is 958. The lowest BCUT2D eigenvalue weighted by atomic mass is 9.86. The molecule has 0 saturated carbocycles. The van der Waals surface area contributed by atoms with Crippen molar-refractivity contribution in [3.8, 4) is 11.3 Å². The molecule has 24 heavy (non-hydrogen) atoms. The van der Waals surface area contributed by atoms with Crippen LogP contribution in [0, 0.1) is 13.8 Å². The lowest BCUT2D eigenvalue weighted by Crippen LogP contribution is -2.10. The van der Waals surface area contributed by atoms with Gasteiger partial charge in [0.2, 0.25) is 0 Å². The van der Waals surface area contributed by atoms with E-state index in [1.807, 2.05) is 38.1 Å². The molecule has 3 heteroatoms. The summed E-state index contributed by atoms with van der Waals surface area (Å²) in [5.74, 6) is 0.694. The van der Waals surface area contributed by atoms with Crippen LogP contribution in [0.2, 0.25) is 0 Å². The van der Waals surface area contributed by atoms with Gasteiger partial charge >= 0.3 is 0 Å². The summed E-state index contributed by atoms with van der Waals surface area (Å²) in [6.07, 6.45) is 0. The lowest BCUT2D eigenvalue weighted by molar-refractivity contribution is 0.302. The van der Waals surface area contributed by atoms with Crippen LogP contribution in [-0.2, 0) is 5.41 Å². The first kappa shape index (κ1) is 16.3. The minimum Gasteiger partial charge on any atom is -0.456 e. The molecule has 1 heterocycles. The molecule has 2 aromatic carbocycles. The predicted molar refractivity (Wildman–Crippen MR) is 97.2 cm³/mol. The van der Waals surface area contributed by atoms with Crippen LogP contribution in [0.5, 0.6) is 0 Å². The van der Waals surface area contributed by atoms with Crippen molar-refractivity contribution in [1.29, 1.82) is 0 Å². The van der Waals surface area contributed by atoms with Crippen LogP contribution in [0.1, 0.15) is 37.5 Å². The Morgan fingerprint density at radius 3 is 2.12 bits per heavy atom. The van der Waals surface area contributed by atoms with Crippen LogP contribution in [0.4, 0.5) is 0 Å². The van der Waals surface area contributed by atoms with Gasteiger partial charge < -0.3 is 9.62 Å². The van der Waals surface area contributed by atoms with Crippen LogP contribution < -0.4 is 5.36 Å². The largest absolute Gasteiger partial charge is 0.456 e. The van der Waals surface area contributed by atoms with Crippen molar-refractivity contribution in [2.75, 3.05) is 0 Å². The molecule has 0 amide bonds. The highest BCUT2D eigenvalue weighted by molar-refractivity contribution is 5.80. The second kappa shape index (κ2) is 5.82. The molecule has 0 atom stereocenters. The standard InChI is InChI=1S/C21H23NO2/c1-13-10-17-18(22-23)12-19(24-20(17)11-14(13)2)15-6-8-16(9-7-15)21(3,4)5/h6-12,23H,1-5H3. The van der Waals surface area contributed by atoms with Gasteiger partial charge in [0.25, 0.3) is 0 Å². The van der Waals surface area contributed by atoms with E-state index in [-0.39, 0.29) is 5.41 Å². The van der Waals surface area contributed by atoms with Crippen LogP contribution in [0.25, 0.3) is 22.3 Å². The Morgan fingerprint density at radius 1 is 0.917 bits per heavy atom. The Hall–Kier alpha value is -2.55. The zero-order chi connectivity index (χ0) is 17.5. The highest BCUT2D eigenvalue weighted by atomic mass is 16.4. The van der Waals surface area contributed by atoms with Crippen molar-refractivity contribution in [2.24, 2.45) is 5.16 Å². The van der Waals surface area contributed by atoms with E-state index in [1.165, 1.54) is 5.56 Å². The van der Waals surface area contributed by atoms with E-state index in [2.05, 4.69) is 38.1 Å². The van der Waals surface area contributed by atoms with Crippen molar-refractivity contribution in [3.63, 3.8) is 0 Å². The fraction of sp³-hybridized carbons (Fsp3) is 0.286. The van der Waals surface area contributed by atoms with Gasteiger partial charge in [0.1, 0.15) is 16.7 Å². The molecular weight excluding hydrogens is 298 g/mol. The van der Waals surface area contributed by atoms with E-state index in [4.69, 9.17) is 4.42 Å². The normalized spacial score (nSPS) is 12.8. The van der Waals surface area contributed by atoms with Gasteiger partial charge in [0.05, 0.1) is 0 Å². The summed E-state index contributed by atoms with van der Waals surface area (Å²) in [5, 5.41) is 14.2. The summed E-state index contributed by atoms with van der Waals surface area (Å²) in [7, 11) is 0. The smallest absolute Gasteiger partial charge is 0.137 e. The van der Waals surface area contributed by atoms with Gasteiger partial charge in [0, 0.05) is 17.0 Å². The second-order valence-corrected chi connectivity index (χ2v) is 7.36. The molecule has 0 aliphatic rings. The minimum atomic E-state index is 0.110. The monoisotopic (exact) mass is 321 g/mol. The summed E-state index contributed by atoms with van der Waals surface area (Å²) in [4.78, 5) is 0. The Kier molecular flexibility index (Phi) is 3.96. The third kappa shape index (κ3) is 2.94. The first-order valence-electron chi connectivity index (χ1n) is 8.14. The van der Waals surface area contributed by atoms with Gasteiger partial charge in [-0.2, -0.15) is 0 Å². The molecule has 1 N–H and O–H groups in total. The topological polar surface area (TPSA) is 45.7 Å². The summed E-state index contributed by atoms with van der Waals surface area (Å²) in [6, 6.07) is 14.1. The van der Waals surface area contributed by atoms with Gasteiger partial charge in [-0.1, -0.05) is 50.2 Å². The van der Waals surface area contributed by atoms with Crippen molar-refractivity contribution in [3.05, 3.63) is 64.5 Å². The van der Waals surface area contributed by atoms with Gasteiger partial charge in [-0.15, -0.1) is 0 Å². The molecule has 1 aromatic heterocycles. The average molecular weight is 321 g/mol. The van der Waals surface area contributed by atoms with E-state index < -0.39 is 0 Å². The van der Waals surface area contributed by atoms with Gasteiger partial charge in [0.15, 0.2) is 0 Å². The van der Waals surface area contributed by atoms with Crippen LogP contribution >= 0.6 is 0 Å². The van der Waals surface area contributed by atoms with Gasteiger partial charge in [-0.05, 0) is 48.1 Å². The maximum atomic E-state index is 9.40. The molecule has 0 aliphatic carbocycles. The van der Waals surface area contributed by atoms with Crippen LogP contribution in [0.3, 0.4) is 0 Å². The summed E-state index contributed by atoms with van der Waals surface area (Å²) in [6.45, 7) is 10.7. The SMILES string of the molecule is Cc1cc2oc(-c3ccc(C(C)(C)C)cc3)cc(=NO)c2cc1C. The molecule has 0 spiro atoms. The van der Waals surface area contributed by atoms with Gasteiger partial charge in [-0.3, -0.25) is 0 Å². The Labute approximate surface area is 142 Å². The van der Waals surface area contributed by atoms with Crippen molar-refractivity contribution < 1.29 is 9.62 Å². The quantitative estimate of drug-likeness (QED) is 0.488. The Morgan fingerprint density at radius 2 is 1.54 bits per heavy atom. The molecule has 0 saturated heterocycles. The van der Waals surface area contributed by atoms with Crippen molar-refractivity contribution in [1.82, 2.24) is 0 Å². The highest BCUT2D eigenvalue weighted by Gasteiger charge is 2.14. The van der Waals surface area contributed by atoms with E-state index >= 15 is 0 Å². The Balaban J connectivity index is 2.18. The number of nitrogens with zero attached hydrogens (tertiary/aromatic N) is 1. The minimum absolute atomic E-state index is 0.110. The molecule has 3 aromatic rings. The summed E-state index contributed by atoms with van der Waals surface area (Å²) in [5.41, 5.74) is 5.36. The van der Waals surface area contributed by atoms with E-state index in [0.29, 0.717) is 11.1 Å². The molecule has 0 aliphatic heterocycles. The predicted octanol–water partition coefficient (Wildman–Crippen LogP) is 5.30. The lowest BCUT2D eigenvalue weighted by Gasteiger charge is -2.19. The van der Waals surface area contributed by atoms with Gasteiger partial charge in [-0.25, -0.2) is 0 Å². The van der Waals surface area contributed by atoms with Crippen molar-refractivity contribution >= 4 is 11.0 Å². The summed E-state index contributed by atoms with van der Waals surface area (Å²) >= 11 is 0. The maximum absolute atomic E-state index is 9.40. The molecule has 0 bridgehead atoms. The molecule has 0 fully saturated rings. The molecule has 3 nitrogen and oxygen atoms in total. The molecular formula is C21H23NO2. The fourth-order valence-electron chi connectivity index (χ4n) is 2.78. The fourth-order valence-corrected chi connectivity index (χ4v) is 2.78. The third-order valence-corrected chi connectivity index (χ3v) is 4.50. The number of hydrogen-bond acceptors (Lipinski definition) is 3. The molecule has 124 valence electrons. The number of hydrogen-bond donors (Lipinski definition) is 1. The molecule has 0 unspecified atom stereocenters.